The quantitative estimate of drug-likeness (QED) is 0.278. The first kappa shape index (κ1) is 25.8. The highest BCUT2D eigenvalue weighted by molar-refractivity contribution is 5.80. The van der Waals surface area contributed by atoms with Crippen LogP contribution in [0.5, 0.6) is 0 Å². The monoisotopic (exact) mass is 471 g/mol. The number of amides is 1. The van der Waals surface area contributed by atoms with Gasteiger partial charge in [-0.1, -0.05) is 58.6 Å². The minimum atomic E-state index is -0.901. The van der Waals surface area contributed by atoms with Crippen LogP contribution in [-0.4, -0.2) is 23.0 Å². The van der Waals surface area contributed by atoms with Crippen LogP contribution in [0.3, 0.4) is 0 Å². The molecule has 3 fully saturated rings. The summed E-state index contributed by atoms with van der Waals surface area (Å²) in [6.45, 7) is 9.87. The summed E-state index contributed by atoms with van der Waals surface area (Å²) in [6, 6.07) is 0.174. The number of fused-ring (bicyclic) bond motifs is 5. The fourth-order valence-corrected chi connectivity index (χ4v) is 8.83. The zero-order chi connectivity index (χ0) is 24.5. The molecule has 4 rings (SSSR count). The Hall–Kier alpha value is -1.32. The van der Waals surface area contributed by atoms with Crippen molar-refractivity contribution >= 4 is 11.9 Å². The number of aliphatic carboxylic acids is 1. The van der Waals surface area contributed by atoms with Crippen LogP contribution in [0.2, 0.25) is 0 Å². The number of nitrogens with one attached hydrogen (secondary N) is 1. The van der Waals surface area contributed by atoms with E-state index in [4.69, 9.17) is 5.11 Å². The van der Waals surface area contributed by atoms with Crippen molar-refractivity contribution in [3.8, 4) is 0 Å². The summed E-state index contributed by atoms with van der Waals surface area (Å²) in [5.41, 5.74) is 2.42. The molecule has 7 atom stereocenters. The fraction of sp³-hybridized carbons (Fsp3) is 0.867. The number of carbonyl (C=O) groups is 2. The van der Waals surface area contributed by atoms with Crippen molar-refractivity contribution in [1.29, 1.82) is 0 Å². The predicted molar refractivity (Wildman–Crippen MR) is 137 cm³/mol. The maximum atomic E-state index is 12.2. The molecular formula is C30H49NO3. The molecule has 0 aromatic heterocycles. The van der Waals surface area contributed by atoms with Gasteiger partial charge >= 0.3 is 5.97 Å². The van der Waals surface area contributed by atoms with E-state index in [0.717, 1.165) is 48.9 Å². The lowest BCUT2D eigenvalue weighted by Crippen LogP contribution is -2.51. The van der Waals surface area contributed by atoms with Crippen LogP contribution in [0.15, 0.2) is 11.6 Å². The van der Waals surface area contributed by atoms with E-state index in [1.165, 1.54) is 57.8 Å². The Bertz CT molecular complexity index is 788. The molecule has 4 aliphatic rings. The maximum absolute atomic E-state index is 12.2. The summed E-state index contributed by atoms with van der Waals surface area (Å²) in [7, 11) is 0. The van der Waals surface area contributed by atoms with Crippen LogP contribution in [0.4, 0.5) is 0 Å². The van der Waals surface area contributed by atoms with E-state index in [9.17, 15) is 9.59 Å². The molecule has 7 unspecified atom stereocenters. The van der Waals surface area contributed by atoms with Crippen molar-refractivity contribution in [2.24, 2.45) is 40.4 Å². The van der Waals surface area contributed by atoms with Gasteiger partial charge in [0.05, 0.1) is 6.42 Å². The molecule has 1 amide bonds. The number of carboxylic acids is 1. The molecule has 0 saturated heterocycles. The second-order valence-electron chi connectivity index (χ2n) is 13.2. The molecule has 34 heavy (non-hydrogen) atoms. The number of carbonyl (C=O) groups excluding carboxylic acids is 1. The summed E-state index contributed by atoms with van der Waals surface area (Å²) in [6.07, 6.45) is 18.3. The highest BCUT2D eigenvalue weighted by Crippen LogP contribution is 2.66. The van der Waals surface area contributed by atoms with Gasteiger partial charge in [-0.15, -0.1) is 0 Å². The third kappa shape index (κ3) is 5.12. The SMILES string of the molecule is CC(C)CCCCC1CCC2C3CC=C4CC(NC(=O)CCC(=O)O)CCC4(C)C3CCC12C. The fourth-order valence-electron chi connectivity index (χ4n) is 8.83. The standard InChI is InChI=1S/C30H49NO3/c1-20(2)7-5-6-8-21-10-12-25-24-11-9-22-19-23(31-27(32)13-14-28(33)34)15-17-30(22,4)26(24)16-18-29(21,25)3/h9,20-21,23-26H,5-8,10-19H2,1-4H3,(H,31,32)(H,33,34). The van der Waals surface area contributed by atoms with E-state index in [1.54, 1.807) is 5.57 Å². The summed E-state index contributed by atoms with van der Waals surface area (Å²) in [5, 5.41) is 12.0. The van der Waals surface area contributed by atoms with Gasteiger partial charge in [-0.05, 0) is 98.2 Å². The minimum absolute atomic E-state index is 0.0818. The number of rotatable bonds is 9. The molecule has 0 spiro atoms. The van der Waals surface area contributed by atoms with Crippen LogP contribution in [-0.2, 0) is 9.59 Å². The van der Waals surface area contributed by atoms with Gasteiger partial charge in [0.25, 0.3) is 0 Å². The van der Waals surface area contributed by atoms with Crippen molar-refractivity contribution in [3.05, 3.63) is 11.6 Å². The van der Waals surface area contributed by atoms with Gasteiger partial charge < -0.3 is 10.4 Å². The Kier molecular flexibility index (Phi) is 7.84. The smallest absolute Gasteiger partial charge is 0.303 e. The Morgan fingerprint density at radius 1 is 1.06 bits per heavy atom. The third-order valence-corrected chi connectivity index (χ3v) is 10.8. The highest BCUT2D eigenvalue weighted by Gasteiger charge is 2.58. The van der Waals surface area contributed by atoms with E-state index in [0.29, 0.717) is 10.8 Å². The van der Waals surface area contributed by atoms with Crippen molar-refractivity contribution in [2.75, 3.05) is 0 Å². The Balaban J connectivity index is 1.38. The van der Waals surface area contributed by atoms with Gasteiger partial charge in [0.1, 0.15) is 0 Å². The largest absolute Gasteiger partial charge is 0.481 e. The lowest BCUT2D eigenvalue weighted by Gasteiger charge is -2.58. The molecule has 0 aliphatic heterocycles. The molecule has 4 aliphatic carbocycles. The molecule has 192 valence electrons. The molecule has 0 radical (unpaired) electrons. The van der Waals surface area contributed by atoms with Gasteiger partial charge in [0.15, 0.2) is 0 Å². The van der Waals surface area contributed by atoms with E-state index in [-0.39, 0.29) is 24.8 Å². The molecule has 0 aromatic rings. The summed E-state index contributed by atoms with van der Waals surface area (Å²) in [4.78, 5) is 23.0. The van der Waals surface area contributed by atoms with E-state index >= 15 is 0 Å². The maximum Gasteiger partial charge on any atom is 0.303 e. The van der Waals surface area contributed by atoms with Gasteiger partial charge in [-0.2, -0.15) is 0 Å². The summed E-state index contributed by atoms with van der Waals surface area (Å²) in [5.74, 6) is 3.29. The van der Waals surface area contributed by atoms with Crippen LogP contribution in [0.1, 0.15) is 118 Å². The average molecular weight is 472 g/mol. The van der Waals surface area contributed by atoms with Crippen LogP contribution in [0.25, 0.3) is 0 Å². The first-order chi connectivity index (χ1) is 16.1. The van der Waals surface area contributed by atoms with E-state index < -0.39 is 5.97 Å². The zero-order valence-electron chi connectivity index (χ0n) is 22.2. The van der Waals surface area contributed by atoms with Crippen molar-refractivity contribution in [3.63, 3.8) is 0 Å². The molecular weight excluding hydrogens is 422 g/mol. The first-order valence-corrected chi connectivity index (χ1v) is 14.3. The molecule has 4 nitrogen and oxygen atoms in total. The minimum Gasteiger partial charge on any atom is -0.481 e. The number of hydrogen-bond acceptors (Lipinski definition) is 2. The summed E-state index contributed by atoms with van der Waals surface area (Å²) < 4.78 is 0. The van der Waals surface area contributed by atoms with Gasteiger partial charge in [0.2, 0.25) is 5.91 Å². The molecule has 3 saturated carbocycles. The van der Waals surface area contributed by atoms with E-state index in [2.05, 4.69) is 39.1 Å². The zero-order valence-corrected chi connectivity index (χ0v) is 22.2. The second kappa shape index (κ2) is 10.3. The summed E-state index contributed by atoms with van der Waals surface area (Å²) >= 11 is 0. The van der Waals surface area contributed by atoms with Gasteiger partial charge in [0, 0.05) is 12.5 Å². The second-order valence-corrected chi connectivity index (χ2v) is 13.2. The molecule has 4 heteroatoms. The number of carboxylic acid groups (broad SMARTS) is 1. The van der Waals surface area contributed by atoms with Crippen molar-refractivity contribution < 1.29 is 14.7 Å². The van der Waals surface area contributed by atoms with Crippen molar-refractivity contribution in [1.82, 2.24) is 5.32 Å². The molecule has 0 bridgehead atoms. The Morgan fingerprint density at radius 3 is 2.59 bits per heavy atom. The Labute approximate surface area is 207 Å². The average Bonchev–Trinajstić information content (AvgIpc) is 3.11. The lowest BCUT2D eigenvalue weighted by molar-refractivity contribution is -0.139. The van der Waals surface area contributed by atoms with Gasteiger partial charge in [-0.3, -0.25) is 9.59 Å². The number of allylic oxidation sites excluding steroid dienone is 1. The topological polar surface area (TPSA) is 66.4 Å². The van der Waals surface area contributed by atoms with Gasteiger partial charge in [-0.25, -0.2) is 0 Å². The molecule has 2 N–H and O–H groups in total. The predicted octanol–water partition coefficient (Wildman–Crippen LogP) is 7.13. The normalized spacial score (nSPS) is 39.1. The number of hydrogen-bond donors (Lipinski definition) is 2. The van der Waals surface area contributed by atoms with Crippen LogP contribution >= 0.6 is 0 Å². The van der Waals surface area contributed by atoms with Crippen LogP contribution < -0.4 is 5.32 Å². The third-order valence-electron chi connectivity index (χ3n) is 10.8. The van der Waals surface area contributed by atoms with Crippen molar-refractivity contribution in [2.45, 2.75) is 124 Å². The first-order valence-electron chi connectivity index (χ1n) is 14.3. The highest BCUT2D eigenvalue weighted by atomic mass is 16.4. The molecule has 0 aromatic carbocycles. The lowest BCUT2D eigenvalue weighted by atomic mass is 9.47. The van der Waals surface area contributed by atoms with E-state index in [1.807, 2.05) is 0 Å². The number of unbranched alkanes of at least 4 members (excludes halogenated alkanes) is 1. The molecule has 0 heterocycles. The Morgan fingerprint density at radius 2 is 1.85 bits per heavy atom. The van der Waals surface area contributed by atoms with Crippen LogP contribution in [0, 0.1) is 40.4 Å².